The fourth-order valence-electron chi connectivity index (χ4n) is 4.96. The second-order valence-electron chi connectivity index (χ2n) is 12.4. The molecule has 0 aliphatic heterocycles. The molecule has 16 nitrogen and oxygen atoms in total. The van der Waals surface area contributed by atoms with Gasteiger partial charge in [-0.25, -0.2) is 13.2 Å². The highest BCUT2D eigenvalue weighted by molar-refractivity contribution is 7.94. The molecule has 0 fully saturated rings. The molecule has 1 heterocycles. The number of nitrogens with zero attached hydrogens (tertiary/aromatic N) is 1. The van der Waals surface area contributed by atoms with Crippen molar-refractivity contribution in [2.45, 2.75) is 75.2 Å². The number of benzene rings is 2. The maximum Gasteiger partial charge on any atom is 0.408 e. The standard InChI is InChI=1S/C37H43N5O11S/c1-24(2)33(36(49)39-27(22-32(45)46)18-20-54(51,52)28-14-7-4-8-15-28)42-35(48)30(21-26-13-9-10-19-38-26)40-34(47)29(16-17-31(43)44)41-37(50)53-23-25-11-5-3-6-12-25/h3-15,18-20,24,27,29-30,33H,16-17,21-23H2,1-2H3,(H,39,49)(H,40,47)(H,41,50)(H,42,48)(H,43,44)(H,45,46). The molecule has 3 rings (SSSR count). The van der Waals surface area contributed by atoms with Gasteiger partial charge in [0.1, 0.15) is 24.7 Å². The number of nitrogens with one attached hydrogen (secondary N) is 4. The first kappa shape index (κ1) is 42.3. The van der Waals surface area contributed by atoms with Crippen molar-refractivity contribution in [3.63, 3.8) is 0 Å². The number of pyridine rings is 1. The minimum Gasteiger partial charge on any atom is -0.481 e. The minimum atomic E-state index is -3.98. The fraction of sp³-hybridized carbons (Fsp3) is 0.324. The molecule has 54 heavy (non-hydrogen) atoms. The third-order valence-electron chi connectivity index (χ3n) is 7.77. The SMILES string of the molecule is CC(C)C(NC(=O)C(Cc1ccccn1)NC(=O)C(CCC(=O)O)NC(=O)OCc1ccccc1)C(=O)NC(C=CS(=O)(=O)c1ccccc1)CC(=O)O. The van der Waals surface area contributed by atoms with E-state index in [0.717, 1.165) is 11.5 Å². The van der Waals surface area contributed by atoms with E-state index in [0.29, 0.717) is 11.3 Å². The van der Waals surface area contributed by atoms with Gasteiger partial charge in [-0.3, -0.25) is 29.0 Å². The van der Waals surface area contributed by atoms with E-state index in [9.17, 15) is 47.4 Å². The van der Waals surface area contributed by atoms with E-state index in [1.54, 1.807) is 68.4 Å². The van der Waals surface area contributed by atoms with Gasteiger partial charge >= 0.3 is 18.0 Å². The lowest BCUT2D eigenvalue weighted by molar-refractivity contribution is -0.138. The highest BCUT2D eigenvalue weighted by Gasteiger charge is 2.32. The Morgan fingerprint density at radius 2 is 1.39 bits per heavy atom. The lowest BCUT2D eigenvalue weighted by Crippen LogP contribution is -2.59. The first-order chi connectivity index (χ1) is 25.6. The van der Waals surface area contributed by atoms with Crippen LogP contribution in [0.15, 0.2) is 101 Å². The second kappa shape index (κ2) is 20.8. The maximum atomic E-state index is 13.8. The quantitative estimate of drug-likeness (QED) is 0.0971. The van der Waals surface area contributed by atoms with Crippen molar-refractivity contribution in [1.29, 1.82) is 0 Å². The van der Waals surface area contributed by atoms with Crippen LogP contribution >= 0.6 is 0 Å². The van der Waals surface area contributed by atoms with Gasteiger partial charge < -0.3 is 36.2 Å². The third kappa shape index (κ3) is 14.5. The van der Waals surface area contributed by atoms with Gasteiger partial charge in [-0.2, -0.15) is 0 Å². The van der Waals surface area contributed by atoms with Crippen molar-refractivity contribution in [3.05, 3.63) is 108 Å². The normalized spacial score (nSPS) is 13.5. The number of carboxylic acid groups (broad SMARTS) is 2. The topological polar surface area (TPSA) is 247 Å². The summed E-state index contributed by atoms with van der Waals surface area (Å²) in [5.41, 5.74) is 1.03. The summed E-state index contributed by atoms with van der Waals surface area (Å²) >= 11 is 0. The van der Waals surface area contributed by atoms with Gasteiger partial charge in [-0.15, -0.1) is 0 Å². The summed E-state index contributed by atoms with van der Waals surface area (Å²) < 4.78 is 30.8. The average molecular weight is 766 g/mol. The number of alkyl carbamates (subject to hydrolysis) is 1. The van der Waals surface area contributed by atoms with E-state index in [-0.39, 0.29) is 24.3 Å². The highest BCUT2D eigenvalue weighted by Crippen LogP contribution is 2.13. The number of aliphatic carboxylic acids is 2. The Kier molecular flexibility index (Phi) is 16.3. The minimum absolute atomic E-state index is 0.0422. The molecule has 4 atom stereocenters. The number of hydrogen-bond donors (Lipinski definition) is 6. The second-order valence-corrected chi connectivity index (χ2v) is 14.2. The van der Waals surface area contributed by atoms with Crippen LogP contribution in [0.1, 0.15) is 44.4 Å². The summed E-state index contributed by atoms with van der Waals surface area (Å²) in [6, 6.07) is 15.5. The van der Waals surface area contributed by atoms with Gasteiger partial charge in [0.15, 0.2) is 9.84 Å². The zero-order chi connectivity index (χ0) is 39.7. The van der Waals surface area contributed by atoms with Gasteiger partial charge in [0.05, 0.1) is 17.4 Å². The molecule has 0 saturated carbocycles. The zero-order valence-electron chi connectivity index (χ0n) is 29.6. The number of amides is 4. The predicted octanol–water partition coefficient (Wildman–Crippen LogP) is 2.36. The van der Waals surface area contributed by atoms with Crippen LogP contribution in [-0.4, -0.2) is 83.5 Å². The summed E-state index contributed by atoms with van der Waals surface area (Å²) in [6.07, 6.45) is -0.235. The van der Waals surface area contributed by atoms with Gasteiger partial charge in [0, 0.05) is 30.1 Å². The third-order valence-corrected chi connectivity index (χ3v) is 9.22. The smallest absolute Gasteiger partial charge is 0.408 e. The molecule has 0 aliphatic rings. The van der Waals surface area contributed by atoms with Gasteiger partial charge in [0.2, 0.25) is 17.7 Å². The molecule has 0 radical (unpaired) electrons. The van der Waals surface area contributed by atoms with Crippen LogP contribution in [0.3, 0.4) is 0 Å². The molecule has 3 aromatic rings. The number of rotatable bonds is 20. The molecule has 288 valence electrons. The number of carbonyl (C=O) groups is 6. The van der Waals surface area contributed by atoms with Crippen LogP contribution in [0.4, 0.5) is 4.79 Å². The van der Waals surface area contributed by atoms with E-state index >= 15 is 0 Å². The molecule has 6 N–H and O–H groups in total. The van der Waals surface area contributed by atoms with Crippen LogP contribution in [0, 0.1) is 5.92 Å². The Morgan fingerprint density at radius 1 is 0.759 bits per heavy atom. The monoisotopic (exact) mass is 765 g/mol. The molecule has 1 aromatic heterocycles. The highest BCUT2D eigenvalue weighted by atomic mass is 32.2. The van der Waals surface area contributed by atoms with E-state index in [1.807, 2.05) is 0 Å². The number of hydrogen-bond acceptors (Lipinski definition) is 10. The van der Waals surface area contributed by atoms with Crippen LogP contribution in [0.25, 0.3) is 0 Å². The molecule has 0 bridgehead atoms. The van der Waals surface area contributed by atoms with Crippen molar-refractivity contribution in [3.8, 4) is 0 Å². The molecule has 2 aromatic carbocycles. The van der Waals surface area contributed by atoms with Gasteiger partial charge in [-0.1, -0.05) is 68.4 Å². The first-order valence-corrected chi connectivity index (χ1v) is 18.4. The fourth-order valence-corrected chi connectivity index (χ4v) is 6.05. The van der Waals surface area contributed by atoms with Crippen LogP contribution in [-0.2, 0) is 51.6 Å². The Balaban J connectivity index is 1.80. The van der Waals surface area contributed by atoms with Crippen molar-refractivity contribution in [2.24, 2.45) is 5.92 Å². The van der Waals surface area contributed by atoms with Crippen LogP contribution in [0.2, 0.25) is 0 Å². The molecular formula is C37H43N5O11S. The van der Waals surface area contributed by atoms with Crippen molar-refractivity contribution < 1.29 is 52.1 Å². The van der Waals surface area contributed by atoms with Gasteiger partial charge in [-0.05, 0) is 48.2 Å². The zero-order valence-corrected chi connectivity index (χ0v) is 30.4. The van der Waals surface area contributed by atoms with Gasteiger partial charge in [0.25, 0.3) is 0 Å². The molecule has 0 aliphatic carbocycles. The van der Waals surface area contributed by atoms with E-state index in [2.05, 4.69) is 26.3 Å². The number of carbonyl (C=O) groups excluding carboxylic acids is 4. The number of ether oxygens (including phenoxy) is 1. The van der Waals surface area contributed by atoms with Crippen molar-refractivity contribution >= 4 is 45.6 Å². The van der Waals surface area contributed by atoms with Crippen LogP contribution in [0.5, 0.6) is 0 Å². The Morgan fingerprint density at radius 3 is 1.98 bits per heavy atom. The van der Waals surface area contributed by atoms with Crippen LogP contribution < -0.4 is 21.3 Å². The number of aromatic nitrogens is 1. The summed E-state index contributed by atoms with van der Waals surface area (Å²) in [4.78, 5) is 80.7. The van der Waals surface area contributed by atoms with E-state index in [4.69, 9.17) is 4.74 Å². The van der Waals surface area contributed by atoms with Crippen molar-refractivity contribution in [2.75, 3.05) is 0 Å². The molecular weight excluding hydrogens is 722 g/mol. The number of sulfone groups is 1. The number of carboxylic acids is 2. The molecule has 4 amide bonds. The average Bonchev–Trinajstić information content (AvgIpc) is 3.14. The summed E-state index contributed by atoms with van der Waals surface area (Å²) in [5, 5.41) is 29.5. The Bertz CT molecular complexity index is 1880. The molecule has 17 heteroatoms. The maximum absolute atomic E-state index is 13.8. The summed E-state index contributed by atoms with van der Waals surface area (Å²) in [6.45, 7) is 3.08. The summed E-state index contributed by atoms with van der Waals surface area (Å²) in [7, 11) is -3.98. The largest absolute Gasteiger partial charge is 0.481 e. The summed E-state index contributed by atoms with van der Waals surface area (Å²) in [5.74, 6) is -5.78. The molecule has 0 saturated heterocycles. The van der Waals surface area contributed by atoms with Crippen molar-refractivity contribution in [1.82, 2.24) is 26.3 Å². The molecule has 4 unspecified atom stereocenters. The lowest BCUT2D eigenvalue weighted by atomic mass is 10.0. The molecule has 0 spiro atoms. The predicted molar refractivity (Wildman–Crippen MR) is 194 cm³/mol. The Labute approximate surface area is 312 Å². The lowest BCUT2D eigenvalue weighted by Gasteiger charge is -2.27. The van der Waals surface area contributed by atoms with E-state index in [1.165, 1.54) is 30.5 Å². The van der Waals surface area contributed by atoms with E-state index < -0.39 is 88.5 Å². The Hall–Kier alpha value is -6.10. The first-order valence-electron chi connectivity index (χ1n) is 16.8.